The minimum atomic E-state index is -0.149. The maximum absolute atomic E-state index is 13.4. The first-order valence-electron chi connectivity index (χ1n) is 8.81. The van der Waals surface area contributed by atoms with Crippen molar-refractivity contribution >= 4 is 44.2 Å². The zero-order valence-electron chi connectivity index (χ0n) is 16.3. The topological polar surface area (TPSA) is 56.1 Å². The van der Waals surface area contributed by atoms with Crippen molar-refractivity contribution in [1.29, 1.82) is 0 Å². The van der Waals surface area contributed by atoms with E-state index in [0.29, 0.717) is 33.8 Å². The Kier molecular flexibility index (Phi) is 6.39. The maximum Gasteiger partial charge on any atom is 0.260 e. The molecule has 0 spiro atoms. The van der Waals surface area contributed by atoms with E-state index in [4.69, 9.17) is 21.1 Å². The van der Waals surface area contributed by atoms with Crippen LogP contribution < -0.4 is 19.3 Å². The van der Waals surface area contributed by atoms with Gasteiger partial charge in [-0.1, -0.05) is 22.9 Å². The van der Waals surface area contributed by atoms with Gasteiger partial charge in [0.1, 0.15) is 11.5 Å². The number of fused-ring (bicyclic) bond motifs is 1. The fourth-order valence-electron chi connectivity index (χ4n) is 2.71. The lowest BCUT2D eigenvalue weighted by atomic mass is 10.1. The number of carbonyl (C=O) groups excluding carboxylic acids is 1. The van der Waals surface area contributed by atoms with Crippen molar-refractivity contribution in [2.75, 3.05) is 46.3 Å². The summed E-state index contributed by atoms with van der Waals surface area (Å²) in [6.07, 6.45) is 0. The Bertz CT molecular complexity index is 968. The Morgan fingerprint density at radius 1 is 1.14 bits per heavy atom. The van der Waals surface area contributed by atoms with Crippen molar-refractivity contribution in [2.45, 2.75) is 0 Å². The number of quaternary nitrogens is 1. The molecule has 0 radical (unpaired) electrons. The van der Waals surface area contributed by atoms with E-state index in [0.717, 1.165) is 16.8 Å². The molecular weight excluding hydrogens is 398 g/mol. The largest absolute Gasteiger partial charge is 0.497 e. The first kappa shape index (κ1) is 20.4. The highest BCUT2D eigenvalue weighted by Crippen LogP contribution is 2.32. The molecule has 3 aromatic rings. The van der Waals surface area contributed by atoms with Crippen LogP contribution in [0.25, 0.3) is 10.2 Å². The van der Waals surface area contributed by atoms with Gasteiger partial charge in [0.15, 0.2) is 5.13 Å². The number of halogens is 1. The zero-order valence-corrected chi connectivity index (χ0v) is 17.9. The molecule has 1 aromatic heterocycles. The van der Waals surface area contributed by atoms with Gasteiger partial charge in [0.25, 0.3) is 5.91 Å². The summed E-state index contributed by atoms with van der Waals surface area (Å²) in [5.74, 6) is 0.984. The van der Waals surface area contributed by atoms with E-state index in [-0.39, 0.29) is 5.91 Å². The number of thiazole rings is 1. The Balaban J connectivity index is 2.02. The number of nitrogens with one attached hydrogen (secondary N) is 1. The van der Waals surface area contributed by atoms with Crippen molar-refractivity contribution in [1.82, 2.24) is 4.98 Å². The normalized spacial score (nSPS) is 11.1. The van der Waals surface area contributed by atoms with E-state index in [1.165, 1.54) is 16.2 Å². The number of ether oxygens (including phenoxy) is 2. The minimum Gasteiger partial charge on any atom is -0.497 e. The summed E-state index contributed by atoms with van der Waals surface area (Å²) in [6.45, 7) is 1.32. The van der Waals surface area contributed by atoms with Crippen LogP contribution in [-0.4, -0.2) is 52.3 Å². The molecule has 0 saturated carbocycles. The Morgan fingerprint density at radius 2 is 1.82 bits per heavy atom. The smallest absolute Gasteiger partial charge is 0.260 e. The number of aromatic nitrogens is 1. The summed E-state index contributed by atoms with van der Waals surface area (Å²) < 4.78 is 11.6. The summed E-state index contributed by atoms with van der Waals surface area (Å²) in [7, 11) is 7.23. The molecule has 3 rings (SSSR count). The van der Waals surface area contributed by atoms with Crippen LogP contribution in [0.1, 0.15) is 10.4 Å². The molecule has 28 heavy (non-hydrogen) atoms. The van der Waals surface area contributed by atoms with Crippen LogP contribution in [0.2, 0.25) is 5.02 Å². The van der Waals surface area contributed by atoms with Crippen LogP contribution in [0.5, 0.6) is 11.5 Å². The van der Waals surface area contributed by atoms with E-state index in [1.54, 1.807) is 43.4 Å². The number of likely N-dealkylation sites (N-methyl/N-ethyl adjacent to an activating group) is 1. The van der Waals surface area contributed by atoms with E-state index in [1.807, 2.05) is 12.1 Å². The second-order valence-corrected chi connectivity index (χ2v) is 8.07. The monoisotopic (exact) mass is 420 g/mol. The molecule has 0 aliphatic heterocycles. The SMILES string of the molecule is COc1cc(OC)cc(C(=O)N(CC[NH+](C)C)c2nc3ccc(Cl)cc3s2)c1. The Morgan fingerprint density at radius 3 is 2.43 bits per heavy atom. The molecule has 0 unspecified atom stereocenters. The molecular formula is C20H23ClN3O3S+. The van der Waals surface area contributed by atoms with Crippen LogP contribution in [-0.2, 0) is 0 Å². The Hall–Kier alpha value is -2.35. The van der Waals surface area contributed by atoms with Crippen molar-refractivity contribution in [3.8, 4) is 11.5 Å². The minimum absolute atomic E-state index is 0.149. The van der Waals surface area contributed by atoms with E-state index >= 15 is 0 Å². The van der Waals surface area contributed by atoms with Crippen molar-refractivity contribution in [3.05, 3.63) is 47.0 Å². The number of carbonyl (C=O) groups is 1. The quantitative estimate of drug-likeness (QED) is 0.638. The predicted molar refractivity (Wildman–Crippen MR) is 114 cm³/mol. The third kappa shape index (κ3) is 4.55. The molecule has 148 valence electrons. The third-order valence-corrected chi connectivity index (χ3v) is 5.53. The highest BCUT2D eigenvalue weighted by Gasteiger charge is 2.23. The standard InChI is InChI=1S/C20H22ClN3O3S/c1-23(2)7-8-24(20-22-17-6-5-14(21)11-18(17)28-20)19(25)13-9-15(26-3)12-16(10-13)27-4/h5-6,9-12H,7-8H2,1-4H3/p+1. The number of anilines is 1. The first-order chi connectivity index (χ1) is 13.4. The number of hydrogen-bond donors (Lipinski definition) is 1. The van der Waals surface area contributed by atoms with Gasteiger partial charge in [-0.3, -0.25) is 9.69 Å². The number of amides is 1. The number of methoxy groups -OCH3 is 2. The van der Waals surface area contributed by atoms with Crippen LogP contribution in [0.3, 0.4) is 0 Å². The average Bonchev–Trinajstić information content (AvgIpc) is 3.09. The summed E-state index contributed by atoms with van der Waals surface area (Å²) >= 11 is 7.55. The van der Waals surface area contributed by atoms with Crippen molar-refractivity contribution in [2.24, 2.45) is 0 Å². The molecule has 1 heterocycles. The molecule has 1 amide bonds. The van der Waals surface area contributed by atoms with Crippen LogP contribution in [0.4, 0.5) is 5.13 Å². The van der Waals surface area contributed by atoms with E-state index in [9.17, 15) is 4.79 Å². The van der Waals surface area contributed by atoms with Gasteiger partial charge in [-0.15, -0.1) is 0 Å². The van der Waals surface area contributed by atoms with E-state index in [2.05, 4.69) is 19.1 Å². The summed E-state index contributed by atoms with van der Waals surface area (Å²) in [5, 5.41) is 1.29. The average molecular weight is 421 g/mol. The second kappa shape index (κ2) is 8.77. The fraction of sp³-hybridized carbons (Fsp3) is 0.300. The van der Waals surface area contributed by atoms with Gasteiger partial charge >= 0.3 is 0 Å². The number of benzene rings is 2. The molecule has 0 fully saturated rings. The molecule has 0 aliphatic carbocycles. The first-order valence-corrected chi connectivity index (χ1v) is 10.0. The van der Waals surface area contributed by atoms with Crippen LogP contribution in [0, 0.1) is 0 Å². The fourth-order valence-corrected chi connectivity index (χ4v) is 3.97. The molecule has 8 heteroatoms. The van der Waals surface area contributed by atoms with Gasteiger partial charge in [0.2, 0.25) is 0 Å². The lowest BCUT2D eigenvalue weighted by molar-refractivity contribution is -0.856. The molecule has 0 atom stereocenters. The predicted octanol–water partition coefficient (Wildman–Crippen LogP) is 2.76. The summed E-state index contributed by atoms with van der Waals surface area (Å²) in [4.78, 5) is 21.0. The molecule has 0 saturated heterocycles. The van der Waals surface area contributed by atoms with Gasteiger partial charge in [-0.2, -0.15) is 0 Å². The maximum atomic E-state index is 13.4. The highest BCUT2D eigenvalue weighted by molar-refractivity contribution is 7.22. The van der Waals surface area contributed by atoms with Gasteiger partial charge in [0, 0.05) is 16.7 Å². The molecule has 2 aromatic carbocycles. The highest BCUT2D eigenvalue weighted by atomic mass is 35.5. The molecule has 1 N–H and O–H groups in total. The lowest BCUT2D eigenvalue weighted by Crippen LogP contribution is -3.06. The third-order valence-electron chi connectivity index (χ3n) is 4.25. The number of rotatable bonds is 7. The Labute approximate surface area is 173 Å². The second-order valence-electron chi connectivity index (χ2n) is 6.62. The number of nitrogens with zero attached hydrogens (tertiary/aromatic N) is 2. The summed E-state index contributed by atoms with van der Waals surface area (Å²) in [5.41, 5.74) is 1.31. The van der Waals surface area contributed by atoms with Gasteiger partial charge < -0.3 is 14.4 Å². The molecule has 0 bridgehead atoms. The van der Waals surface area contributed by atoms with Gasteiger partial charge in [0.05, 0.1) is 51.6 Å². The van der Waals surface area contributed by atoms with Crippen LogP contribution >= 0.6 is 22.9 Å². The summed E-state index contributed by atoms with van der Waals surface area (Å²) in [6, 6.07) is 10.7. The van der Waals surface area contributed by atoms with Gasteiger partial charge in [-0.05, 0) is 30.3 Å². The van der Waals surface area contributed by atoms with Crippen molar-refractivity contribution in [3.63, 3.8) is 0 Å². The lowest BCUT2D eigenvalue weighted by Gasteiger charge is -2.21. The van der Waals surface area contributed by atoms with Crippen LogP contribution in [0.15, 0.2) is 36.4 Å². The molecule has 6 nitrogen and oxygen atoms in total. The number of hydrogen-bond acceptors (Lipinski definition) is 5. The van der Waals surface area contributed by atoms with Crippen molar-refractivity contribution < 1.29 is 19.2 Å². The zero-order chi connectivity index (χ0) is 20.3. The van der Waals surface area contributed by atoms with Gasteiger partial charge in [-0.25, -0.2) is 4.98 Å². The molecule has 0 aliphatic rings. The van der Waals surface area contributed by atoms with E-state index < -0.39 is 0 Å².